The molecule has 2 heterocycles. The van der Waals surface area contributed by atoms with Gasteiger partial charge < -0.3 is 16.0 Å². The highest BCUT2D eigenvalue weighted by Crippen LogP contribution is 2.23. The molecule has 0 bridgehead atoms. The van der Waals surface area contributed by atoms with Crippen molar-refractivity contribution in [1.29, 1.82) is 0 Å². The molecule has 0 atom stereocenters. The molecule has 2 aromatic rings. The van der Waals surface area contributed by atoms with Crippen LogP contribution in [0.4, 0.5) is 11.5 Å². The van der Waals surface area contributed by atoms with Crippen LogP contribution in [0.1, 0.15) is 35.2 Å². The molecule has 140 valence electrons. The lowest BCUT2D eigenvalue weighted by Crippen LogP contribution is -2.24. The van der Waals surface area contributed by atoms with Gasteiger partial charge >= 0.3 is 0 Å². The Morgan fingerprint density at radius 1 is 1.12 bits per heavy atom. The number of rotatable bonds is 4. The Bertz CT molecular complexity index is 762. The molecule has 5 nitrogen and oxygen atoms in total. The summed E-state index contributed by atoms with van der Waals surface area (Å²) in [6.07, 6.45) is 2.46. The predicted molar refractivity (Wildman–Crippen MR) is 121 cm³/mol. The van der Waals surface area contributed by atoms with Crippen molar-refractivity contribution in [3.8, 4) is 0 Å². The van der Waals surface area contributed by atoms with Crippen molar-refractivity contribution < 1.29 is 0 Å². The van der Waals surface area contributed by atoms with E-state index in [0.29, 0.717) is 12.5 Å². The van der Waals surface area contributed by atoms with E-state index >= 15 is 0 Å². The van der Waals surface area contributed by atoms with Gasteiger partial charge in [-0.3, -0.25) is 0 Å². The summed E-state index contributed by atoms with van der Waals surface area (Å²) >= 11 is 0. The van der Waals surface area contributed by atoms with Gasteiger partial charge in [-0.2, -0.15) is 0 Å². The average molecular weight is 465 g/mol. The van der Waals surface area contributed by atoms with Crippen LogP contribution in [0.2, 0.25) is 0 Å². The average Bonchev–Trinajstić information content (AvgIpc) is 3.07. The number of pyridine rings is 1. The Labute approximate surface area is 173 Å². The van der Waals surface area contributed by atoms with Gasteiger partial charge in [-0.15, -0.1) is 24.0 Å². The van der Waals surface area contributed by atoms with E-state index in [0.717, 1.165) is 35.9 Å². The third kappa shape index (κ3) is 5.33. The number of aryl methyl sites for hydroxylation is 3. The fourth-order valence-electron chi connectivity index (χ4n) is 3.30. The first-order valence-corrected chi connectivity index (χ1v) is 8.88. The second-order valence-corrected chi connectivity index (χ2v) is 6.83. The SMILES string of the molecule is Cc1cc(C)cc(NC(N)=NCc2ccc(C)nc2N2CCCC2)c1.I. The fraction of sp³-hybridized carbons (Fsp3) is 0.400. The van der Waals surface area contributed by atoms with E-state index in [1.54, 1.807) is 0 Å². The van der Waals surface area contributed by atoms with Crippen molar-refractivity contribution in [2.75, 3.05) is 23.3 Å². The topological polar surface area (TPSA) is 66.5 Å². The minimum Gasteiger partial charge on any atom is -0.370 e. The number of halogens is 1. The minimum absolute atomic E-state index is 0. The molecule has 3 rings (SSSR count). The summed E-state index contributed by atoms with van der Waals surface area (Å²) in [7, 11) is 0. The standard InChI is InChI=1S/C20H27N5.HI/c1-14-10-15(2)12-18(11-14)24-20(21)22-13-17-7-6-16(3)23-19(17)25-8-4-5-9-25;/h6-7,10-12H,4-5,8-9,13H2,1-3H3,(H3,21,22,24);1H. The zero-order valence-electron chi connectivity index (χ0n) is 15.7. The van der Waals surface area contributed by atoms with Crippen molar-refractivity contribution in [3.05, 3.63) is 52.7 Å². The van der Waals surface area contributed by atoms with E-state index in [9.17, 15) is 0 Å². The summed E-state index contributed by atoms with van der Waals surface area (Å²) in [4.78, 5) is 11.6. The molecular formula is C20H28IN5. The van der Waals surface area contributed by atoms with Crippen LogP contribution in [-0.2, 0) is 6.54 Å². The molecule has 1 aliphatic heterocycles. The van der Waals surface area contributed by atoms with E-state index < -0.39 is 0 Å². The molecule has 0 spiro atoms. The number of hydrogen-bond acceptors (Lipinski definition) is 3. The third-order valence-electron chi connectivity index (χ3n) is 4.41. The van der Waals surface area contributed by atoms with Crippen molar-refractivity contribution in [2.24, 2.45) is 10.7 Å². The van der Waals surface area contributed by atoms with Crippen molar-refractivity contribution >= 4 is 41.4 Å². The van der Waals surface area contributed by atoms with Gasteiger partial charge in [-0.05, 0) is 62.9 Å². The number of nitrogens with two attached hydrogens (primary N) is 1. The zero-order chi connectivity index (χ0) is 17.8. The molecule has 1 aliphatic rings. The molecule has 0 unspecified atom stereocenters. The third-order valence-corrected chi connectivity index (χ3v) is 4.41. The molecule has 6 heteroatoms. The Morgan fingerprint density at radius 3 is 2.42 bits per heavy atom. The number of nitrogens with zero attached hydrogens (tertiary/aromatic N) is 3. The summed E-state index contributed by atoms with van der Waals surface area (Å²) in [5.74, 6) is 1.48. The summed E-state index contributed by atoms with van der Waals surface area (Å²) in [6, 6.07) is 10.4. The number of anilines is 2. The number of hydrogen-bond donors (Lipinski definition) is 2. The first-order valence-electron chi connectivity index (χ1n) is 8.88. The zero-order valence-corrected chi connectivity index (χ0v) is 18.1. The lowest BCUT2D eigenvalue weighted by Gasteiger charge is -2.20. The lowest BCUT2D eigenvalue weighted by atomic mass is 10.1. The highest BCUT2D eigenvalue weighted by molar-refractivity contribution is 14.0. The van der Waals surface area contributed by atoms with Gasteiger partial charge in [0.1, 0.15) is 5.82 Å². The molecule has 0 aliphatic carbocycles. The molecule has 1 fully saturated rings. The van der Waals surface area contributed by atoms with Gasteiger partial charge in [0, 0.05) is 30.0 Å². The van der Waals surface area contributed by atoms with Gasteiger partial charge in [-0.25, -0.2) is 9.98 Å². The Balaban J connectivity index is 0.00000243. The van der Waals surface area contributed by atoms with Crippen LogP contribution in [0.3, 0.4) is 0 Å². The van der Waals surface area contributed by atoms with E-state index in [1.165, 1.54) is 24.0 Å². The monoisotopic (exact) mass is 465 g/mol. The summed E-state index contributed by atoms with van der Waals surface area (Å²) < 4.78 is 0. The first-order chi connectivity index (χ1) is 12.0. The summed E-state index contributed by atoms with van der Waals surface area (Å²) in [6.45, 7) is 8.86. The van der Waals surface area contributed by atoms with Gasteiger partial charge in [0.05, 0.1) is 6.54 Å². The molecule has 0 radical (unpaired) electrons. The predicted octanol–water partition coefficient (Wildman–Crippen LogP) is 4.15. The summed E-state index contributed by atoms with van der Waals surface area (Å²) in [5.41, 5.74) is 11.6. The van der Waals surface area contributed by atoms with Gasteiger partial charge in [0.2, 0.25) is 0 Å². The van der Waals surface area contributed by atoms with E-state index in [4.69, 9.17) is 10.7 Å². The van der Waals surface area contributed by atoms with Gasteiger partial charge in [0.25, 0.3) is 0 Å². The number of benzene rings is 1. The van der Waals surface area contributed by atoms with Gasteiger partial charge in [0.15, 0.2) is 5.96 Å². The van der Waals surface area contributed by atoms with E-state index in [2.05, 4.69) is 53.3 Å². The van der Waals surface area contributed by atoms with Crippen LogP contribution in [0, 0.1) is 20.8 Å². The summed E-state index contributed by atoms with van der Waals surface area (Å²) in [5, 5.41) is 3.19. The van der Waals surface area contributed by atoms with Crippen molar-refractivity contribution in [2.45, 2.75) is 40.2 Å². The van der Waals surface area contributed by atoms with Crippen molar-refractivity contribution in [3.63, 3.8) is 0 Å². The second kappa shape index (κ2) is 9.21. The molecule has 3 N–H and O–H groups in total. The Morgan fingerprint density at radius 2 is 1.77 bits per heavy atom. The Kier molecular flexibility index (Phi) is 7.25. The molecule has 1 aromatic carbocycles. The lowest BCUT2D eigenvalue weighted by molar-refractivity contribution is 0.898. The van der Waals surface area contributed by atoms with Crippen LogP contribution in [-0.4, -0.2) is 24.0 Å². The highest BCUT2D eigenvalue weighted by Gasteiger charge is 2.17. The molecule has 1 aromatic heterocycles. The fourth-order valence-corrected chi connectivity index (χ4v) is 3.30. The maximum atomic E-state index is 6.09. The smallest absolute Gasteiger partial charge is 0.193 e. The quantitative estimate of drug-likeness (QED) is 0.405. The minimum atomic E-state index is 0. The van der Waals surface area contributed by atoms with Crippen LogP contribution >= 0.6 is 24.0 Å². The molecule has 1 saturated heterocycles. The normalized spacial score (nSPS) is 14.3. The first kappa shape index (κ1) is 20.5. The largest absolute Gasteiger partial charge is 0.370 e. The molecule has 0 saturated carbocycles. The van der Waals surface area contributed by atoms with Crippen LogP contribution in [0.25, 0.3) is 0 Å². The maximum absolute atomic E-state index is 6.09. The van der Waals surface area contributed by atoms with E-state index in [-0.39, 0.29) is 24.0 Å². The van der Waals surface area contributed by atoms with Crippen LogP contribution in [0.15, 0.2) is 35.3 Å². The number of aromatic nitrogens is 1. The number of nitrogens with one attached hydrogen (secondary N) is 1. The van der Waals surface area contributed by atoms with Crippen molar-refractivity contribution in [1.82, 2.24) is 4.98 Å². The van der Waals surface area contributed by atoms with E-state index in [1.807, 2.05) is 13.0 Å². The molecular weight excluding hydrogens is 437 g/mol. The maximum Gasteiger partial charge on any atom is 0.193 e. The highest BCUT2D eigenvalue weighted by atomic mass is 127. The number of aliphatic imine (C=N–C) groups is 1. The molecule has 0 amide bonds. The van der Waals surface area contributed by atoms with Crippen LogP contribution in [0.5, 0.6) is 0 Å². The number of guanidine groups is 1. The molecule has 26 heavy (non-hydrogen) atoms. The Hall–Kier alpha value is -1.83. The second-order valence-electron chi connectivity index (χ2n) is 6.83. The van der Waals surface area contributed by atoms with Crippen LogP contribution < -0.4 is 16.0 Å². The van der Waals surface area contributed by atoms with Gasteiger partial charge in [-0.1, -0.05) is 12.1 Å².